The zero-order chi connectivity index (χ0) is 15.1. The maximum Gasteiger partial charge on any atom is 0.0551 e. The Bertz CT molecular complexity index is 549. The molecule has 1 unspecified atom stereocenters. The minimum Gasteiger partial charge on any atom is -0.289 e. The van der Waals surface area contributed by atoms with Crippen LogP contribution >= 0.6 is 0 Å². The second-order valence-electron chi connectivity index (χ2n) is 6.59. The van der Waals surface area contributed by atoms with E-state index in [9.17, 15) is 0 Å². The van der Waals surface area contributed by atoms with E-state index in [0.29, 0.717) is 6.04 Å². The Labute approximate surface area is 128 Å². The van der Waals surface area contributed by atoms with Crippen molar-refractivity contribution < 1.29 is 0 Å². The van der Waals surface area contributed by atoms with Crippen molar-refractivity contribution in [1.29, 1.82) is 0 Å². The smallest absolute Gasteiger partial charge is 0.0551 e. The molecule has 2 aromatic carbocycles. The second kappa shape index (κ2) is 7.21. The van der Waals surface area contributed by atoms with Gasteiger partial charge < -0.3 is 0 Å². The van der Waals surface area contributed by atoms with E-state index in [1.54, 1.807) is 0 Å². The molecule has 1 nitrogen and oxygen atoms in total. The van der Waals surface area contributed by atoms with Gasteiger partial charge in [0.1, 0.15) is 0 Å². The lowest BCUT2D eigenvalue weighted by Gasteiger charge is -2.27. The van der Waals surface area contributed by atoms with Crippen molar-refractivity contribution in [2.75, 3.05) is 0 Å². The van der Waals surface area contributed by atoms with Gasteiger partial charge in [0.25, 0.3) is 0 Å². The van der Waals surface area contributed by atoms with Crippen molar-refractivity contribution in [2.45, 2.75) is 39.7 Å². The molecule has 0 aliphatic rings. The van der Waals surface area contributed by atoms with Crippen molar-refractivity contribution in [3.63, 3.8) is 0 Å². The van der Waals surface area contributed by atoms with Gasteiger partial charge in [-0.1, -0.05) is 81.4 Å². The summed E-state index contributed by atoms with van der Waals surface area (Å²) in [5, 5.41) is 0. The number of aliphatic imine (C=N–C) groups is 1. The SMILES string of the molecule is CC(C)(C)C(CCc1ccccc1)N=Cc1ccccc1. The molecular formula is C20H25N. The van der Waals surface area contributed by atoms with Crippen molar-refractivity contribution in [1.82, 2.24) is 0 Å². The minimum atomic E-state index is 0.181. The molecule has 0 fully saturated rings. The first-order valence-corrected chi connectivity index (χ1v) is 7.68. The number of rotatable bonds is 5. The van der Waals surface area contributed by atoms with E-state index in [0.717, 1.165) is 12.8 Å². The van der Waals surface area contributed by atoms with Gasteiger partial charge in [0.2, 0.25) is 0 Å². The Balaban J connectivity index is 2.03. The summed E-state index contributed by atoms with van der Waals surface area (Å²) in [7, 11) is 0. The van der Waals surface area contributed by atoms with Gasteiger partial charge in [-0.05, 0) is 29.4 Å². The highest BCUT2D eigenvalue weighted by Gasteiger charge is 2.23. The Morgan fingerprint density at radius 2 is 1.48 bits per heavy atom. The molecule has 1 atom stereocenters. The number of hydrogen-bond acceptors (Lipinski definition) is 1. The van der Waals surface area contributed by atoms with Crippen molar-refractivity contribution in [3.8, 4) is 0 Å². The summed E-state index contributed by atoms with van der Waals surface area (Å²) in [5.74, 6) is 0. The van der Waals surface area contributed by atoms with E-state index in [-0.39, 0.29) is 5.41 Å². The molecule has 2 rings (SSSR count). The molecule has 0 aliphatic heterocycles. The first kappa shape index (κ1) is 15.5. The van der Waals surface area contributed by atoms with Gasteiger partial charge in [-0.2, -0.15) is 0 Å². The molecule has 0 saturated heterocycles. The van der Waals surface area contributed by atoms with Crippen LogP contribution in [0.1, 0.15) is 38.3 Å². The molecule has 0 saturated carbocycles. The van der Waals surface area contributed by atoms with E-state index in [1.807, 2.05) is 12.3 Å². The Morgan fingerprint density at radius 3 is 2.05 bits per heavy atom. The summed E-state index contributed by atoms with van der Waals surface area (Å²) in [5.41, 5.74) is 2.74. The van der Waals surface area contributed by atoms with Gasteiger partial charge in [0, 0.05) is 6.21 Å². The van der Waals surface area contributed by atoms with E-state index < -0.39 is 0 Å². The molecule has 0 amide bonds. The van der Waals surface area contributed by atoms with Crippen LogP contribution in [-0.2, 0) is 6.42 Å². The average molecular weight is 279 g/mol. The first-order valence-electron chi connectivity index (χ1n) is 7.68. The maximum atomic E-state index is 4.86. The van der Waals surface area contributed by atoms with Gasteiger partial charge in [-0.3, -0.25) is 4.99 Å². The molecule has 1 heteroatoms. The number of benzene rings is 2. The highest BCUT2D eigenvalue weighted by atomic mass is 14.8. The van der Waals surface area contributed by atoms with E-state index in [4.69, 9.17) is 4.99 Å². The topological polar surface area (TPSA) is 12.4 Å². The molecule has 0 aliphatic carbocycles. The fraction of sp³-hybridized carbons (Fsp3) is 0.350. The maximum absolute atomic E-state index is 4.86. The third-order valence-corrected chi connectivity index (χ3v) is 3.75. The largest absolute Gasteiger partial charge is 0.289 e. The Hall–Kier alpha value is -1.89. The van der Waals surface area contributed by atoms with Gasteiger partial charge in [0.15, 0.2) is 0 Å². The molecule has 0 spiro atoms. The van der Waals surface area contributed by atoms with Crippen LogP contribution in [0, 0.1) is 5.41 Å². The van der Waals surface area contributed by atoms with E-state index >= 15 is 0 Å². The first-order chi connectivity index (χ1) is 10.1. The third kappa shape index (κ3) is 5.18. The van der Waals surface area contributed by atoms with E-state index in [2.05, 4.69) is 75.4 Å². The Morgan fingerprint density at radius 1 is 0.905 bits per heavy atom. The molecule has 0 heterocycles. The van der Waals surface area contributed by atoms with Crippen molar-refractivity contribution in [2.24, 2.45) is 10.4 Å². The van der Waals surface area contributed by atoms with Crippen LogP contribution in [0.3, 0.4) is 0 Å². The molecule has 0 aromatic heterocycles. The number of aryl methyl sites for hydroxylation is 1. The molecule has 2 aromatic rings. The molecular weight excluding hydrogens is 254 g/mol. The van der Waals surface area contributed by atoms with Crippen LogP contribution in [0.5, 0.6) is 0 Å². The van der Waals surface area contributed by atoms with Crippen LogP contribution < -0.4 is 0 Å². The van der Waals surface area contributed by atoms with Gasteiger partial charge >= 0.3 is 0 Å². The zero-order valence-corrected chi connectivity index (χ0v) is 13.3. The summed E-state index contributed by atoms with van der Waals surface area (Å²) in [4.78, 5) is 4.86. The van der Waals surface area contributed by atoms with Crippen LogP contribution in [0.4, 0.5) is 0 Å². The minimum absolute atomic E-state index is 0.181. The van der Waals surface area contributed by atoms with Crippen molar-refractivity contribution in [3.05, 3.63) is 71.8 Å². The predicted octanol–water partition coefficient (Wildman–Crippen LogP) is 5.15. The fourth-order valence-electron chi connectivity index (χ4n) is 2.39. The highest BCUT2D eigenvalue weighted by molar-refractivity contribution is 5.79. The van der Waals surface area contributed by atoms with Gasteiger partial charge in [-0.15, -0.1) is 0 Å². The summed E-state index contributed by atoms with van der Waals surface area (Å²) in [6.07, 6.45) is 4.17. The summed E-state index contributed by atoms with van der Waals surface area (Å²) in [6.45, 7) is 6.81. The molecule has 110 valence electrons. The predicted molar refractivity (Wildman–Crippen MR) is 92.0 cm³/mol. The average Bonchev–Trinajstić information content (AvgIpc) is 2.48. The standard InChI is InChI=1S/C20H25N/c1-20(2,3)19(15-14-17-10-6-4-7-11-17)21-16-18-12-8-5-9-13-18/h4-13,16,19H,14-15H2,1-3H3. The normalized spacial score (nSPS) is 13.5. The lowest BCUT2D eigenvalue weighted by Crippen LogP contribution is -2.25. The lowest BCUT2D eigenvalue weighted by atomic mass is 9.83. The number of nitrogens with zero attached hydrogens (tertiary/aromatic N) is 1. The summed E-state index contributed by atoms with van der Waals surface area (Å²) in [6, 6.07) is 21.3. The van der Waals surface area contributed by atoms with E-state index in [1.165, 1.54) is 11.1 Å². The molecule has 0 bridgehead atoms. The zero-order valence-electron chi connectivity index (χ0n) is 13.3. The molecule has 0 radical (unpaired) electrons. The monoisotopic (exact) mass is 279 g/mol. The van der Waals surface area contributed by atoms with Crippen LogP contribution in [0.2, 0.25) is 0 Å². The molecule has 0 N–H and O–H groups in total. The van der Waals surface area contributed by atoms with Crippen LogP contribution in [0.25, 0.3) is 0 Å². The molecule has 21 heavy (non-hydrogen) atoms. The van der Waals surface area contributed by atoms with Gasteiger partial charge in [-0.25, -0.2) is 0 Å². The fourth-order valence-corrected chi connectivity index (χ4v) is 2.39. The van der Waals surface area contributed by atoms with Crippen LogP contribution in [0.15, 0.2) is 65.7 Å². The summed E-state index contributed by atoms with van der Waals surface area (Å²) >= 11 is 0. The number of hydrogen-bond donors (Lipinski definition) is 0. The summed E-state index contributed by atoms with van der Waals surface area (Å²) < 4.78 is 0. The van der Waals surface area contributed by atoms with Gasteiger partial charge in [0.05, 0.1) is 6.04 Å². The third-order valence-electron chi connectivity index (χ3n) is 3.75. The van der Waals surface area contributed by atoms with Crippen molar-refractivity contribution >= 4 is 6.21 Å². The van der Waals surface area contributed by atoms with Crippen LogP contribution in [-0.4, -0.2) is 12.3 Å². The highest BCUT2D eigenvalue weighted by Crippen LogP contribution is 2.26. The second-order valence-corrected chi connectivity index (χ2v) is 6.59. The quantitative estimate of drug-likeness (QED) is 0.671. The Kier molecular flexibility index (Phi) is 5.32. The lowest BCUT2D eigenvalue weighted by molar-refractivity contribution is 0.309.